The number of nitrogens with one attached hydrogen (secondary N) is 1. The highest BCUT2D eigenvalue weighted by Gasteiger charge is 2.33. The van der Waals surface area contributed by atoms with Crippen LogP contribution in [0.2, 0.25) is 0 Å². The lowest BCUT2D eigenvalue weighted by Gasteiger charge is -2.38. The number of rotatable bonds is 3. The smallest absolute Gasteiger partial charge is 0.353 e. The first-order chi connectivity index (χ1) is 15.3. The maximum atomic E-state index is 13.1. The van der Waals surface area contributed by atoms with Crippen LogP contribution >= 0.6 is 11.6 Å². The van der Waals surface area contributed by atoms with Crippen molar-refractivity contribution in [3.05, 3.63) is 47.2 Å². The van der Waals surface area contributed by atoms with E-state index in [9.17, 15) is 13.2 Å². The maximum absolute atomic E-state index is 13.1. The summed E-state index contributed by atoms with van der Waals surface area (Å²) in [5.41, 5.74) is 0.581. The van der Waals surface area contributed by atoms with Gasteiger partial charge in [0.15, 0.2) is 17.2 Å². The molecule has 2 unspecified atom stereocenters. The SMILES string of the molecule is CC1CN(c2ccnc(-c3cnc4cnc(C(F)(F)F)cn34)n2)CC(C2=C(Cl)CN=C2)N1. The van der Waals surface area contributed by atoms with Crippen LogP contribution in [-0.4, -0.2) is 62.3 Å². The molecule has 0 spiro atoms. The van der Waals surface area contributed by atoms with Gasteiger partial charge in [-0.05, 0) is 13.0 Å². The van der Waals surface area contributed by atoms with E-state index in [1.807, 2.05) is 0 Å². The first-order valence-corrected chi connectivity index (χ1v) is 10.3. The molecule has 0 saturated carbocycles. The van der Waals surface area contributed by atoms with Crippen molar-refractivity contribution in [2.24, 2.45) is 4.99 Å². The molecule has 1 fully saturated rings. The van der Waals surface area contributed by atoms with Gasteiger partial charge in [-0.1, -0.05) is 11.6 Å². The highest BCUT2D eigenvalue weighted by molar-refractivity contribution is 6.32. The molecular weight excluding hydrogens is 445 g/mol. The van der Waals surface area contributed by atoms with E-state index in [1.165, 1.54) is 10.6 Å². The Kier molecular flexibility index (Phi) is 5.09. The summed E-state index contributed by atoms with van der Waals surface area (Å²) < 4.78 is 40.7. The number of alkyl halides is 3. The fourth-order valence-electron chi connectivity index (χ4n) is 3.96. The van der Waals surface area contributed by atoms with E-state index >= 15 is 0 Å². The topological polar surface area (TPSA) is 83.6 Å². The zero-order chi connectivity index (χ0) is 22.5. The summed E-state index contributed by atoms with van der Waals surface area (Å²) >= 11 is 6.32. The number of hydrogen-bond donors (Lipinski definition) is 1. The van der Waals surface area contributed by atoms with E-state index in [2.05, 4.69) is 42.1 Å². The summed E-state index contributed by atoms with van der Waals surface area (Å²) in [7, 11) is 0. The summed E-state index contributed by atoms with van der Waals surface area (Å²) in [4.78, 5) is 22.8. The van der Waals surface area contributed by atoms with Crippen molar-refractivity contribution in [3.63, 3.8) is 0 Å². The van der Waals surface area contributed by atoms with E-state index in [0.717, 1.165) is 23.0 Å². The van der Waals surface area contributed by atoms with Crippen LogP contribution in [0.15, 0.2) is 46.5 Å². The van der Waals surface area contributed by atoms with Crippen molar-refractivity contribution in [2.75, 3.05) is 24.5 Å². The fraction of sp³-hybridized carbons (Fsp3) is 0.350. The van der Waals surface area contributed by atoms with E-state index in [0.29, 0.717) is 31.1 Å². The number of aromatic nitrogens is 5. The zero-order valence-electron chi connectivity index (χ0n) is 16.9. The predicted molar refractivity (Wildman–Crippen MR) is 114 cm³/mol. The molecule has 12 heteroatoms. The molecule has 0 aromatic carbocycles. The Morgan fingerprint density at radius 1 is 1.16 bits per heavy atom. The minimum absolute atomic E-state index is 0.00729. The second-order valence-corrected chi connectivity index (χ2v) is 8.19. The number of hydrogen-bond acceptors (Lipinski definition) is 7. The molecule has 32 heavy (non-hydrogen) atoms. The Bertz CT molecular complexity index is 1240. The van der Waals surface area contributed by atoms with Gasteiger partial charge in [0.05, 0.1) is 25.0 Å². The van der Waals surface area contributed by atoms with Crippen LogP contribution in [-0.2, 0) is 6.18 Å². The summed E-state index contributed by atoms with van der Waals surface area (Å²) in [6.45, 7) is 3.88. The molecule has 2 aliphatic rings. The Balaban J connectivity index is 1.49. The Morgan fingerprint density at radius 3 is 2.75 bits per heavy atom. The van der Waals surface area contributed by atoms with E-state index in [4.69, 9.17) is 11.6 Å². The van der Waals surface area contributed by atoms with Crippen LogP contribution < -0.4 is 10.2 Å². The molecule has 0 bridgehead atoms. The molecule has 8 nitrogen and oxygen atoms in total. The highest BCUT2D eigenvalue weighted by Crippen LogP contribution is 2.29. The number of anilines is 1. The average molecular weight is 463 g/mol. The molecule has 3 aromatic heterocycles. The molecule has 166 valence electrons. The van der Waals surface area contributed by atoms with Gasteiger partial charge in [0.2, 0.25) is 0 Å². The number of aliphatic imine (C=N–C) groups is 1. The number of imidazole rings is 1. The first-order valence-electron chi connectivity index (χ1n) is 9.92. The van der Waals surface area contributed by atoms with Crippen LogP contribution in [0, 0.1) is 0 Å². The number of nitrogens with zero attached hydrogens (tertiary/aromatic N) is 7. The van der Waals surface area contributed by atoms with Crippen molar-refractivity contribution in [1.82, 2.24) is 29.7 Å². The van der Waals surface area contributed by atoms with Crippen LogP contribution in [0.25, 0.3) is 17.2 Å². The van der Waals surface area contributed by atoms with E-state index in [-0.39, 0.29) is 23.6 Å². The monoisotopic (exact) mass is 462 g/mol. The lowest BCUT2D eigenvalue weighted by atomic mass is 10.0. The lowest BCUT2D eigenvalue weighted by molar-refractivity contribution is -0.141. The third kappa shape index (κ3) is 3.82. The minimum atomic E-state index is -4.57. The quantitative estimate of drug-likeness (QED) is 0.644. The van der Waals surface area contributed by atoms with Gasteiger partial charge in [0, 0.05) is 48.3 Å². The molecular formula is C20H18ClF3N8. The third-order valence-corrected chi connectivity index (χ3v) is 5.75. The Hall–Kier alpha value is -3.05. The molecule has 2 aliphatic heterocycles. The van der Waals surface area contributed by atoms with Gasteiger partial charge in [-0.2, -0.15) is 13.2 Å². The number of halogens is 4. The van der Waals surface area contributed by atoms with Crippen LogP contribution in [0.1, 0.15) is 12.6 Å². The standard InChI is InChI=1S/C20H18ClF3N8/c1-11-8-31(9-14(29-11)12-4-25-5-13(12)21)17-2-3-26-19(30-17)15-6-28-18-7-27-16(10-32(15)18)20(22,23)24/h2-4,6-7,10-11,14,29H,5,8-9H2,1H3. The summed E-state index contributed by atoms with van der Waals surface area (Å²) in [6.07, 6.45) is 2.26. The van der Waals surface area contributed by atoms with Crippen molar-refractivity contribution in [3.8, 4) is 11.5 Å². The molecule has 1 N–H and O–H groups in total. The van der Waals surface area contributed by atoms with Crippen molar-refractivity contribution in [1.29, 1.82) is 0 Å². The highest BCUT2D eigenvalue weighted by atomic mass is 35.5. The Morgan fingerprint density at radius 2 is 2.00 bits per heavy atom. The van der Waals surface area contributed by atoms with Gasteiger partial charge in [-0.25, -0.2) is 19.9 Å². The van der Waals surface area contributed by atoms with Crippen molar-refractivity contribution < 1.29 is 13.2 Å². The lowest BCUT2D eigenvalue weighted by Crippen LogP contribution is -2.56. The largest absolute Gasteiger partial charge is 0.434 e. The fourth-order valence-corrected chi connectivity index (χ4v) is 4.21. The van der Waals surface area contributed by atoms with Crippen LogP contribution in [0.4, 0.5) is 19.0 Å². The molecule has 1 saturated heterocycles. The molecule has 0 radical (unpaired) electrons. The minimum Gasteiger partial charge on any atom is -0.353 e. The van der Waals surface area contributed by atoms with Gasteiger partial charge in [0.1, 0.15) is 11.5 Å². The van der Waals surface area contributed by atoms with Crippen LogP contribution in [0.5, 0.6) is 0 Å². The Labute approximate surface area is 185 Å². The maximum Gasteiger partial charge on any atom is 0.434 e. The van der Waals surface area contributed by atoms with Crippen molar-refractivity contribution in [2.45, 2.75) is 25.2 Å². The summed E-state index contributed by atoms with van der Waals surface area (Å²) in [5, 5.41) is 4.25. The second kappa shape index (κ2) is 7.82. The molecule has 0 amide bonds. The summed E-state index contributed by atoms with van der Waals surface area (Å²) in [5.74, 6) is 0.941. The predicted octanol–water partition coefficient (Wildman–Crippen LogP) is 2.95. The molecule has 0 aliphatic carbocycles. The van der Waals surface area contributed by atoms with Crippen LogP contribution in [0.3, 0.4) is 0 Å². The summed E-state index contributed by atoms with van der Waals surface area (Å²) in [6, 6.07) is 1.94. The molecule has 2 atom stereocenters. The molecule has 5 heterocycles. The zero-order valence-corrected chi connectivity index (χ0v) is 17.6. The van der Waals surface area contributed by atoms with Gasteiger partial charge in [-0.3, -0.25) is 9.39 Å². The second-order valence-electron chi connectivity index (χ2n) is 7.74. The van der Waals surface area contributed by atoms with Gasteiger partial charge in [-0.15, -0.1) is 0 Å². The first kappa shape index (κ1) is 20.8. The van der Waals surface area contributed by atoms with Gasteiger partial charge < -0.3 is 10.2 Å². The number of fused-ring (bicyclic) bond motifs is 1. The number of piperazine rings is 1. The molecule has 3 aromatic rings. The van der Waals surface area contributed by atoms with Crippen molar-refractivity contribution >= 4 is 29.3 Å². The van der Waals surface area contributed by atoms with E-state index in [1.54, 1.807) is 18.5 Å². The van der Waals surface area contributed by atoms with Gasteiger partial charge in [0.25, 0.3) is 0 Å². The average Bonchev–Trinajstić information content (AvgIpc) is 3.38. The normalized spacial score (nSPS) is 21.7. The molecule has 5 rings (SSSR count). The van der Waals surface area contributed by atoms with E-state index < -0.39 is 11.9 Å². The third-order valence-electron chi connectivity index (χ3n) is 5.41. The van der Waals surface area contributed by atoms with Gasteiger partial charge >= 0.3 is 6.18 Å².